The Labute approximate surface area is 120 Å². The summed E-state index contributed by atoms with van der Waals surface area (Å²) in [6.45, 7) is 0.506. The van der Waals surface area contributed by atoms with Crippen molar-refractivity contribution >= 4 is 11.8 Å². The van der Waals surface area contributed by atoms with Crippen molar-refractivity contribution in [3.05, 3.63) is 41.7 Å². The summed E-state index contributed by atoms with van der Waals surface area (Å²) in [6, 6.07) is 3.30. The summed E-state index contributed by atoms with van der Waals surface area (Å²) in [5.41, 5.74) is 0.635. The van der Waals surface area contributed by atoms with Crippen LogP contribution in [0.1, 0.15) is 18.4 Å². The van der Waals surface area contributed by atoms with Gasteiger partial charge >= 0.3 is 0 Å². The molecule has 1 heterocycles. The van der Waals surface area contributed by atoms with Gasteiger partial charge in [-0.2, -0.15) is 0 Å². The first kappa shape index (κ1) is 13.6. The Morgan fingerprint density at radius 1 is 1.35 bits per heavy atom. The molecule has 0 radical (unpaired) electrons. The molecule has 1 aliphatic rings. The van der Waals surface area contributed by atoms with Gasteiger partial charge in [0.2, 0.25) is 0 Å². The number of hydrogen-bond acceptors (Lipinski definition) is 3. The Kier molecular flexibility index (Phi) is 3.76. The number of hydrogen-bond donors (Lipinski definition) is 1. The lowest BCUT2D eigenvalue weighted by Crippen LogP contribution is -2.15. The van der Waals surface area contributed by atoms with Gasteiger partial charge < -0.3 is 9.88 Å². The number of rotatable bonds is 5. The predicted octanol–water partition coefficient (Wildman–Crippen LogP) is 3.10. The number of nitrogens with one attached hydrogen (secondary N) is 1. The summed E-state index contributed by atoms with van der Waals surface area (Å²) >= 11 is 1.00. The first-order valence-corrected chi connectivity index (χ1v) is 7.31. The second-order valence-electron chi connectivity index (χ2n) is 4.97. The molecule has 1 aromatic carbocycles. The van der Waals surface area contributed by atoms with Gasteiger partial charge in [-0.05, 0) is 42.3 Å². The molecule has 0 atom stereocenters. The second-order valence-corrected chi connectivity index (χ2v) is 5.94. The number of aryl methyl sites for hydroxylation is 1. The van der Waals surface area contributed by atoms with E-state index >= 15 is 0 Å². The topological polar surface area (TPSA) is 29.9 Å². The van der Waals surface area contributed by atoms with Crippen LogP contribution in [0.25, 0.3) is 0 Å². The maximum absolute atomic E-state index is 14.0. The van der Waals surface area contributed by atoms with E-state index < -0.39 is 11.6 Å². The van der Waals surface area contributed by atoms with Crippen LogP contribution in [0.2, 0.25) is 0 Å². The highest BCUT2D eigenvalue weighted by molar-refractivity contribution is 7.99. The Morgan fingerprint density at radius 3 is 2.60 bits per heavy atom. The van der Waals surface area contributed by atoms with Crippen LogP contribution in [-0.4, -0.2) is 15.6 Å². The van der Waals surface area contributed by atoms with Crippen molar-refractivity contribution in [2.24, 2.45) is 7.05 Å². The van der Waals surface area contributed by atoms with E-state index in [1.54, 1.807) is 24.0 Å². The molecule has 3 nitrogen and oxygen atoms in total. The molecule has 0 saturated heterocycles. The van der Waals surface area contributed by atoms with Crippen molar-refractivity contribution in [2.45, 2.75) is 35.5 Å². The molecule has 20 heavy (non-hydrogen) atoms. The first-order chi connectivity index (χ1) is 9.63. The van der Waals surface area contributed by atoms with Crippen molar-refractivity contribution in [1.82, 2.24) is 14.9 Å². The van der Waals surface area contributed by atoms with E-state index in [-0.39, 0.29) is 4.90 Å². The molecule has 1 fully saturated rings. The third-order valence-electron chi connectivity index (χ3n) is 3.20. The van der Waals surface area contributed by atoms with Crippen LogP contribution in [0.4, 0.5) is 8.78 Å². The largest absolute Gasteiger partial charge is 0.329 e. The number of benzene rings is 1. The summed E-state index contributed by atoms with van der Waals surface area (Å²) in [6.07, 6.45) is 5.65. The maximum Gasteiger partial charge on any atom is 0.172 e. The lowest BCUT2D eigenvalue weighted by atomic mass is 10.2. The molecule has 0 aliphatic heterocycles. The van der Waals surface area contributed by atoms with Gasteiger partial charge in [-0.1, -0.05) is 0 Å². The van der Waals surface area contributed by atoms with E-state index in [2.05, 4.69) is 10.3 Å². The Hall–Kier alpha value is -1.40. The van der Waals surface area contributed by atoms with Crippen molar-refractivity contribution in [1.29, 1.82) is 0 Å². The standard InChI is InChI=1S/C14H15F2N3S/c1-19-5-4-17-14(19)20-13-11(15)6-9(7-12(13)16)8-18-10-2-3-10/h4-7,10,18H,2-3,8H2,1H3. The average molecular weight is 295 g/mol. The van der Waals surface area contributed by atoms with Crippen molar-refractivity contribution in [3.63, 3.8) is 0 Å². The van der Waals surface area contributed by atoms with Crippen molar-refractivity contribution in [3.8, 4) is 0 Å². The molecule has 0 amide bonds. The summed E-state index contributed by atoms with van der Waals surface area (Å²) in [5.74, 6) is -1.07. The molecule has 3 rings (SSSR count). The third-order valence-corrected chi connectivity index (χ3v) is 4.37. The predicted molar refractivity (Wildman–Crippen MR) is 73.6 cm³/mol. The molecular formula is C14H15F2N3S. The zero-order valence-corrected chi connectivity index (χ0v) is 11.9. The number of halogens is 2. The highest BCUT2D eigenvalue weighted by atomic mass is 32.2. The van der Waals surface area contributed by atoms with Crippen LogP contribution in [0.3, 0.4) is 0 Å². The molecule has 0 bridgehead atoms. The second kappa shape index (κ2) is 5.54. The summed E-state index contributed by atoms with van der Waals surface area (Å²) in [7, 11) is 1.79. The molecule has 2 aromatic rings. The minimum atomic E-state index is -0.536. The first-order valence-electron chi connectivity index (χ1n) is 6.50. The fourth-order valence-corrected chi connectivity index (χ4v) is 2.72. The van der Waals surface area contributed by atoms with Gasteiger partial charge in [0.05, 0.1) is 4.90 Å². The lowest BCUT2D eigenvalue weighted by molar-refractivity contribution is 0.533. The molecule has 1 N–H and O–H groups in total. The van der Waals surface area contributed by atoms with Gasteiger partial charge in [0, 0.05) is 32.0 Å². The zero-order valence-electron chi connectivity index (χ0n) is 11.1. The maximum atomic E-state index is 14.0. The Morgan fingerprint density at radius 2 is 2.05 bits per heavy atom. The zero-order chi connectivity index (χ0) is 14.1. The van der Waals surface area contributed by atoms with E-state index in [4.69, 9.17) is 0 Å². The van der Waals surface area contributed by atoms with Crippen LogP contribution in [0.5, 0.6) is 0 Å². The number of aromatic nitrogens is 2. The normalized spacial score (nSPS) is 14.8. The monoisotopic (exact) mass is 295 g/mol. The highest BCUT2D eigenvalue weighted by Gasteiger charge is 2.21. The Balaban J connectivity index is 1.78. The van der Waals surface area contributed by atoms with Crippen LogP contribution in [-0.2, 0) is 13.6 Å². The van der Waals surface area contributed by atoms with E-state index in [1.165, 1.54) is 12.1 Å². The van der Waals surface area contributed by atoms with Gasteiger partial charge in [-0.15, -0.1) is 0 Å². The highest BCUT2D eigenvalue weighted by Crippen LogP contribution is 2.31. The van der Waals surface area contributed by atoms with Crippen molar-refractivity contribution < 1.29 is 8.78 Å². The van der Waals surface area contributed by atoms with Crippen molar-refractivity contribution in [2.75, 3.05) is 0 Å². The SMILES string of the molecule is Cn1ccnc1Sc1c(F)cc(CNC2CC2)cc1F. The summed E-state index contributed by atoms with van der Waals surface area (Å²) in [4.78, 5) is 4.06. The minimum Gasteiger partial charge on any atom is -0.329 e. The fourth-order valence-electron chi connectivity index (χ4n) is 1.90. The fraction of sp³-hybridized carbons (Fsp3) is 0.357. The number of imidazole rings is 1. The average Bonchev–Trinajstić information content (AvgIpc) is 3.15. The van der Waals surface area contributed by atoms with E-state index in [1.807, 2.05) is 0 Å². The van der Waals surface area contributed by atoms with Gasteiger partial charge in [-0.25, -0.2) is 13.8 Å². The van der Waals surface area contributed by atoms with Gasteiger partial charge in [0.25, 0.3) is 0 Å². The quantitative estimate of drug-likeness (QED) is 0.919. The van der Waals surface area contributed by atoms with Gasteiger partial charge in [0.15, 0.2) is 5.16 Å². The molecule has 1 saturated carbocycles. The van der Waals surface area contributed by atoms with Crippen LogP contribution >= 0.6 is 11.8 Å². The van der Waals surface area contributed by atoms with E-state index in [9.17, 15) is 8.78 Å². The van der Waals surface area contributed by atoms with Gasteiger partial charge in [-0.3, -0.25) is 0 Å². The van der Waals surface area contributed by atoms with E-state index in [0.717, 1.165) is 24.6 Å². The molecular weight excluding hydrogens is 280 g/mol. The molecule has 0 unspecified atom stereocenters. The van der Waals surface area contributed by atoms with Crippen LogP contribution in [0, 0.1) is 11.6 Å². The lowest BCUT2D eigenvalue weighted by Gasteiger charge is -2.08. The molecule has 1 aromatic heterocycles. The molecule has 106 valence electrons. The summed E-state index contributed by atoms with van der Waals surface area (Å²) in [5, 5.41) is 3.81. The molecule has 1 aliphatic carbocycles. The Bertz CT molecular complexity index is 600. The number of nitrogens with zero attached hydrogens (tertiary/aromatic N) is 2. The van der Waals surface area contributed by atoms with Gasteiger partial charge in [0.1, 0.15) is 11.6 Å². The van der Waals surface area contributed by atoms with Crippen LogP contribution in [0.15, 0.2) is 34.6 Å². The third kappa shape index (κ3) is 3.02. The molecule has 6 heteroatoms. The summed E-state index contributed by atoms with van der Waals surface area (Å²) < 4.78 is 29.8. The minimum absolute atomic E-state index is 0.00512. The molecule has 0 spiro atoms. The smallest absolute Gasteiger partial charge is 0.172 e. The van der Waals surface area contributed by atoms with E-state index in [0.29, 0.717) is 23.3 Å². The van der Waals surface area contributed by atoms with Crippen LogP contribution < -0.4 is 5.32 Å².